The van der Waals surface area contributed by atoms with Crippen molar-refractivity contribution in [1.29, 1.82) is 0 Å². The molecule has 5 rings (SSSR count). The summed E-state index contributed by atoms with van der Waals surface area (Å²) in [6.45, 7) is 6.48. The SMILES string of the molecule is CCN1CCN(C(=O)c2ccc(Nc3ncc4cc(O)c5c(c4n3)N=CC(Cl)=CC5)cc2)CC1. The number of hydrogen-bond donors (Lipinski definition) is 2. The average Bonchev–Trinajstić information content (AvgIpc) is 3.07. The molecule has 0 atom stereocenters. The van der Waals surface area contributed by atoms with Crippen LogP contribution < -0.4 is 5.32 Å². The van der Waals surface area contributed by atoms with Gasteiger partial charge in [0.2, 0.25) is 5.95 Å². The van der Waals surface area contributed by atoms with Crippen LogP contribution in [0.1, 0.15) is 22.8 Å². The number of likely N-dealkylation sites (N-methyl/N-ethyl adjacent to an activating group) is 1. The topological polar surface area (TPSA) is 94.0 Å². The molecular weight excluding hydrogens is 452 g/mol. The molecule has 2 aromatic carbocycles. The van der Waals surface area contributed by atoms with Crippen molar-refractivity contribution >= 4 is 51.9 Å². The van der Waals surface area contributed by atoms with Gasteiger partial charge in [-0.1, -0.05) is 24.6 Å². The molecule has 9 heteroatoms. The van der Waals surface area contributed by atoms with Crippen LogP contribution in [0.15, 0.2) is 52.6 Å². The van der Waals surface area contributed by atoms with E-state index in [1.54, 1.807) is 24.6 Å². The molecule has 3 heterocycles. The van der Waals surface area contributed by atoms with Gasteiger partial charge >= 0.3 is 0 Å². The molecule has 0 bridgehead atoms. The van der Waals surface area contributed by atoms with Crippen LogP contribution in [0.4, 0.5) is 17.3 Å². The molecule has 2 aliphatic rings. The predicted molar refractivity (Wildman–Crippen MR) is 135 cm³/mol. The summed E-state index contributed by atoms with van der Waals surface area (Å²) in [6, 6.07) is 8.98. The van der Waals surface area contributed by atoms with Crippen LogP contribution in [0.2, 0.25) is 0 Å². The lowest BCUT2D eigenvalue weighted by Crippen LogP contribution is -2.48. The van der Waals surface area contributed by atoms with E-state index in [9.17, 15) is 9.90 Å². The first kappa shape index (κ1) is 22.3. The van der Waals surface area contributed by atoms with E-state index in [1.165, 1.54) is 0 Å². The van der Waals surface area contributed by atoms with E-state index < -0.39 is 0 Å². The number of carbonyl (C=O) groups excluding carboxylic acids is 1. The van der Waals surface area contributed by atoms with Gasteiger partial charge in [0.25, 0.3) is 5.91 Å². The van der Waals surface area contributed by atoms with Gasteiger partial charge in [0, 0.05) is 60.8 Å². The van der Waals surface area contributed by atoms with Crippen molar-refractivity contribution in [2.75, 3.05) is 38.0 Å². The maximum absolute atomic E-state index is 12.8. The summed E-state index contributed by atoms with van der Waals surface area (Å²) in [5, 5.41) is 14.8. The number of anilines is 2. The van der Waals surface area contributed by atoms with Crippen molar-refractivity contribution in [3.63, 3.8) is 0 Å². The molecule has 8 nitrogen and oxygen atoms in total. The number of amides is 1. The molecule has 1 amide bonds. The van der Waals surface area contributed by atoms with Gasteiger partial charge in [-0.05, 0) is 43.3 Å². The number of fused-ring (bicyclic) bond motifs is 3. The van der Waals surface area contributed by atoms with E-state index >= 15 is 0 Å². The number of halogens is 1. The molecule has 0 aliphatic carbocycles. The Bertz CT molecular complexity index is 1300. The summed E-state index contributed by atoms with van der Waals surface area (Å²) in [4.78, 5) is 30.6. The number of rotatable bonds is 4. The largest absolute Gasteiger partial charge is 0.508 e. The molecule has 3 aromatic rings. The first-order valence-electron chi connectivity index (χ1n) is 11.3. The zero-order chi connectivity index (χ0) is 23.7. The van der Waals surface area contributed by atoms with Crippen LogP contribution in [0, 0.1) is 0 Å². The Balaban J connectivity index is 1.35. The van der Waals surface area contributed by atoms with Crippen LogP contribution in [-0.2, 0) is 6.42 Å². The first-order chi connectivity index (χ1) is 16.5. The van der Waals surface area contributed by atoms with Gasteiger partial charge in [-0.15, -0.1) is 0 Å². The van der Waals surface area contributed by atoms with Crippen LogP contribution >= 0.6 is 11.6 Å². The monoisotopic (exact) mass is 476 g/mol. The van der Waals surface area contributed by atoms with Crippen LogP contribution in [0.25, 0.3) is 10.9 Å². The van der Waals surface area contributed by atoms with Crippen molar-refractivity contribution in [1.82, 2.24) is 19.8 Å². The standard InChI is InChI=1S/C25H25ClN6O2/c1-2-31-9-11-32(12-10-31)24(34)16-3-6-19(7-4-16)29-25-28-14-17-13-21(33)20-8-5-18(26)15-27-23(20)22(17)30-25/h3-7,13-15,33H,2,8-12H2,1H3,(H,28,29,30). The van der Waals surface area contributed by atoms with Crippen LogP contribution in [-0.4, -0.2) is 69.7 Å². The Hall–Kier alpha value is -3.49. The molecule has 0 saturated carbocycles. The van der Waals surface area contributed by atoms with Gasteiger partial charge in [-0.25, -0.2) is 9.97 Å². The molecule has 1 saturated heterocycles. The highest BCUT2D eigenvalue weighted by molar-refractivity contribution is 6.39. The number of aromatic hydroxyl groups is 1. The molecule has 34 heavy (non-hydrogen) atoms. The van der Waals surface area contributed by atoms with E-state index in [0.29, 0.717) is 45.1 Å². The Morgan fingerprint density at radius 2 is 1.94 bits per heavy atom. The Labute approximate surface area is 202 Å². The van der Waals surface area contributed by atoms with Gasteiger partial charge in [-0.2, -0.15) is 0 Å². The number of nitrogens with zero attached hydrogens (tertiary/aromatic N) is 5. The average molecular weight is 477 g/mol. The number of aliphatic imine (C=N–C) groups is 1. The smallest absolute Gasteiger partial charge is 0.253 e. The second-order valence-corrected chi connectivity index (χ2v) is 8.77. The minimum Gasteiger partial charge on any atom is -0.508 e. The fraction of sp³-hybridized carbons (Fsp3) is 0.280. The number of nitrogens with one attached hydrogen (secondary N) is 1. The third kappa shape index (κ3) is 4.47. The molecule has 1 fully saturated rings. The third-order valence-electron chi connectivity index (χ3n) is 6.24. The van der Waals surface area contributed by atoms with Gasteiger partial charge in [0.05, 0.1) is 10.7 Å². The summed E-state index contributed by atoms with van der Waals surface area (Å²) in [6.07, 6.45) is 5.47. The van der Waals surface area contributed by atoms with E-state index in [0.717, 1.165) is 38.4 Å². The zero-order valence-electron chi connectivity index (χ0n) is 18.8. The maximum atomic E-state index is 12.8. The van der Waals surface area contributed by atoms with Crippen LogP contribution in [0.3, 0.4) is 0 Å². The summed E-state index contributed by atoms with van der Waals surface area (Å²) >= 11 is 6.11. The third-order valence-corrected chi connectivity index (χ3v) is 6.49. The van der Waals surface area contributed by atoms with Crippen molar-refractivity contribution in [3.8, 4) is 5.75 Å². The number of allylic oxidation sites excluding steroid dienone is 2. The molecule has 0 spiro atoms. The van der Waals surface area contributed by atoms with E-state index in [1.807, 2.05) is 29.2 Å². The van der Waals surface area contributed by atoms with E-state index in [2.05, 4.69) is 32.1 Å². The van der Waals surface area contributed by atoms with Crippen molar-refractivity contribution in [2.24, 2.45) is 4.99 Å². The first-order valence-corrected chi connectivity index (χ1v) is 11.7. The molecule has 0 unspecified atom stereocenters. The van der Waals surface area contributed by atoms with E-state index in [-0.39, 0.29) is 11.7 Å². The van der Waals surface area contributed by atoms with Gasteiger partial charge in [0.1, 0.15) is 11.3 Å². The lowest BCUT2D eigenvalue weighted by Gasteiger charge is -2.34. The van der Waals surface area contributed by atoms with Crippen molar-refractivity contribution < 1.29 is 9.90 Å². The summed E-state index contributed by atoms with van der Waals surface area (Å²) in [5.41, 5.74) is 3.31. The number of phenols is 1. The number of piperazine rings is 1. The molecule has 2 N–H and O–H groups in total. The lowest BCUT2D eigenvalue weighted by atomic mass is 10.1. The van der Waals surface area contributed by atoms with Crippen LogP contribution in [0.5, 0.6) is 5.75 Å². The predicted octanol–water partition coefficient (Wildman–Crippen LogP) is 4.24. The number of benzene rings is 2. The van der Waals surface area contributed by atoms with Crippen molar-refractivity contribution in [2.45, 2.75) is 13.3 Å². The maximum Gasteiger partial charge on any atom is 0.253 e. The number of phenolic OH excluding ortho intramolecular Hbond substituents is 1. The van der Waals surface area contributed by atoms with Gasteiger partial charge in [0.15, 0.2) is 0 Å². The summed E-state index contributed by atoms with van der Waals surface area (Å²) < 4.78 is 0. The van der Waals surface area contributed by atoms with E-state index in [4.69, 9.17) is 11.6 Å². The second kappa shape index (κ2) is 9.40. The highest BCUT2D eigenvalue weighted by atomic mass is 35.5. The number of aromatic nitrogens is 2. The number of hydrogen-bond acceptors (Lipinski definition) is 7. The molecule has 174 valence electrons. The fourth-order valence-corrected chi connectivity index (χ4v) is 4.37. The van der Waals surface area contributed by atoms with Gasteiger partial charge in [-0.3, -0.25) is 9.79 Å². The summed E-state index contributed by atoms with van der Waals surface area (Å²) in [7, 11) is 0. The van der Waals surface area contributed by atoms with Gasteiger partial charge < -0.3 is 20.2 Å². The summed E-state index contributed by atoms with van der Waals surface area (Å²) in [5.74, 6) is 0.591. The molecule has 1 aromatic heterocycles. The number of carbonyl (C=O) groups is 1. The Morgan fingerprint density at radius 3 is 2.68 bits per heavy atom. The van der Waals surface area contributed by atoms with Crippen molar-refractivity contribution in [3.05, 3.63) is 58.8 Å². The normalized spacial score (nSPS) is 16.2. The Morgan fingerprint density at radius 1 is 1.18 bits per heavy atom. The minimum absolute atomic E-state index is 0.0527. The molecule has 2 aliphatic heterocycles. The minimum atomic E-state index is 0.0527. The lowest BCUT2D eigenvalue weighted by molar-refractivity contribution is 0.0643. The highest BCUT2D eigenvalue weighted by Gasteiger charge is 2.21. The highest BCUT2D eigenvalue weighted by Crippen LogP contribution is 2.38. The second-order valence-electron chi connectivity index (χ2n) is 8.33. The molecular formula is C25H25ClN6O2. The quantitative estimate of drug-likeness (QED) is 0.585. The Kier molecular flexibility index (Phi) is 6.17. The fourth-order valence-electron chi connectivity index (χ4n) is 4.24. The molecule has 0 radical (unpaired) electrons. The zero-order valence-corrected chi connectivity index (χ0v) is 19.6.